The second-order valence-electron chi connectivity index (χ2n) is 5.56. The van der Waals surface area contributed by atoms with E-state index in [1.54, 1.807) is 12.0 Å². The number of piperazine rings is 1. The van der Waals surface area contributed by atoms with Gasteiger partial charge in [0.2, 0.25) is 0 Å². The van der Waals surface area contributed by atoms with Gasteiger partial charge in [-0.15, -0.1) is 0 Å². The summed E-state index contributed by atoms with van der Waals surface area (Å²) in [5, 5.41) is 2.53. The van der Waals surface area contributed by atoms with Crippen LogP contribution in [0.4, 0.5) is 5.69 Å². The Balaban J connectivity index is 1.86. The number of ether oxygens (including phenoxy) is 3. The molecule has 8 heteroatoms. The predicted molar refractivity (Wildman–Crippen MR) is 92.6 cm³/mol. The molecule has 2 rings (SSSR count). The minimum atomic E-state index is -0.648. The molecule has 1 saturated heterocycles. The maximum atomic E-state index is 12.2. The summed E-state index contributed by atoms with van der Waals surface area (Å²) in [6.07, 6.45) is -0.570. The van der Waals surface area contributed by atoms with Crippen LogP contribution in [-0.2, 0) is 19.1 Å². The molecule has 1 aliphatic rings. The van der Waals surface area contributed by atoms with E-state index in [1.807, 2.05) is 24.3 Å². The van der Waals surface area contributed by atoms with Gasteiger partial charge < -0.3 is 29.3 Å². The van der Waals surface area contributed by atoms with E-state index in [9.17, 15) is 9.59 Å². The zero-order valence-electron chi connectivity index (χ0n) is 14.9. The van der Waals surface area contributed by atoms with Gasteiger partial charge in [0.25, 0.3) is 0 Å². The van der Waals surface area contributed by atoms with Gasteiger partial charge in [-0.1, -0.05) is 12.1 Å². The van der Waals surface area contributed by atoms with Crippen molar-refractivity contribution >= 4 is 17.5 Å². The fraction of sp³-hybridized carbons (Fsp3) is 0.529. The Bertz CT molecular complexity index is 583. The second kappa shape index (κ2) is 9.24. The second-order valence-corrected chi connectivity index (χ2v) is 5.56. The number of hydrogen-bond acceptors (Lipinski definition) is 6. The minimum Gasteiger partial charge on any atom is -0.495 e. The maximum Gasteiger partial charge on any atom is 0.312 e. The summed E-state index contributed by atoms with van der Waals surface area (Å²) < 4.78 is 15.3. The predicted octanol–water partition coefficient (Wildman–Crippen LogP) is 0.0789. The molecular formula is C17H25N3O5. The molecule has 0 saturated carbocycles. The summed E-state index contributed by atoms with van der Waals surface area (Å²) in [6, 6.07) is 7.76. The molecule has 0 aromatic heterocycles. The maximum absolute atomic E-state index is 12.2. The van der Waals surface area contributed by atoms with Crippen molar-refractivity contribution in [2.24, 2.45) is 0 Å². The van der Waals surface area contributed by atoms with Crippen LogP contribution in [0.15, 0.2) is 24.3 Å². The van der Waals surface area contributed by atoms with Gasteiger partial charge in [0.1, 0.15) is 5.75 Å². The summed E-state index contributed by atoms with van der Waals surface area (Å²) in [5.41, 5.74) is 0.990. The molecule has 0 bridgehead atoms. The largest absolute Gasteiger partial charge is 0.495 e. The van der Waals surface area contributed by atoms with Crippen molar-refractivity contribution in [1.82, 2.24) is 10.2 Å². The van der Waals surface area contributed by atoms with Gasteiger partial charge in [0.15, 0.2) is 6.29 Å². The average molecular weight is 351 g/mol. The third-order valence-corrected chi connectivity index (χ3v) is 4.14. The van der Waals surface area contributed by atoms with E-state index in [-0.39, 0.29) is 6.54 Å². The Kier molecular flexibility index (Phi) is 7.03. The van der Waals surface area contributed by atoms with E-state index in [2.05, 4.69) is 10.2 Å². The molecule has 8 nitrogen and oxygen atoms in total. The van der Waals surface area contributed by atoms with Crippen LogP contribution in [-0.4, -0.2) is 77.1 Å². The lowest BCUT2D eigenvalue weighted by Gasteiger charge is -2.36. The van der Waals surface area contributed by atoms with Crippen molar-refractivity contribution in [3.8, 4) is 5.75 Å². The topological polar surface area (TPSA) is 80.3 Å². The molecule has 1 aliphatic heterocycles. The van der Waals surface area contributed by atoms with Crippen molar-refractivity contribution in [3.63, 3.8) is 0 Å². The van der Waals surface area contributed by atoms with Crippen LogP contribution in [0, 0.1) is 0 Å². The van der Waals surface area contributed by atoms with Gasteiger partial charge >= 0.3 is 11.8 Å². The molecule has 1 fully saturated rings. The molecule has 25 heavy (non-hydrogen) atoms. The zero-order chi connectivity index (χ0) is 18.2. The first-order valence-corrected chi connectivity index (χ1v) is 8.11. The molecule has 0 spiro atoms. The smallest absolute Gasteiger partial charge is 0.312 e. The quantitative estimate of drug-likeness (QED) is 0.578. The number of carbonyl (C=O) groups excluding carboxylic acids is 2. The Labute approximate surface area is 147 Å². The van der Waals surface area contributed by atoms with Crippen molar-refractivity contribution in [3.05, 3.63) is 24.3 Å². The number of para-hydroxylation sites is 2. The van der Waals surface area contributed by atoms with Crippen LogP contribution in [0.3, 0.4) is 0 Å². The molecule has 0 unspecified atom stereocenters. The summed E-state index contributed by atoms with van der Waals surface area (Å²) in [5.74, 6) is -0.388. The first-order valence-electron chi connectivity index (χ1n) is 8.11. The number of nitrogens with zero attached hydrogens (tertiary/aromatic N) is 2. The van der Waals surface area contributed by atoms with E-state index in [4.69, 9.17) is 14.2 Å². The molecule has 0 radical (unpaired) electrons. The van der Waals surface area contributed by atoms with E-state index < -0.39 is 18.1 Å². The normalized spacial score (nSPS) is 14.6. The molecule has 1 aromatic rings. The monoisotopic (exact) mass is 351 g/mol. The highest BCUT2D eigenvalue weighted by Crippen LogP contribution is 2.28. The number of anilines is 1. The van der Waals surface area contributed by atoms with Gasteiger partial charge in [-0.2, -0.15) is 0 Å². The highest BCUT2D eigenvalue weighted by molar-refractivity contribution is 6.35. The van der Waals surface area contributed by atoms with Crippen LogP contribution in [0.5, 0.6) is 5.75 Å². The van der Waals surface area contributed by atoms with E-state index in [0.29, 0.717) is 26.2 Å². The van der Waals surface area contributed by atoms with Crippen molar-refractivity contribution in [2.45, 2.75) is 6.29 Å². The lowest BCUT2D eigenvalue weighted by Crippen LogP contribution is -2.53. The zero-order valence-corrected chi connectivity index (χ0v) is 14.9. The molecule has 0 aliphatic carbocycles. The lowest BCUT2D eigenvalue weighted by molar-refractivity contribution is -0.148. The summed E-state index contributed by atoms with van der Waals surface area (Å²) in [4.78, 5) is 27.9. The average Bonchev–Trinajstić information content (AvgIpc) is 2.68. The Hall–Kier alpha value is -2.32. The van der Waals surface area contributed by atoms with Crippen LogP contribution in [0.1, 0.15) is 0 Å². The Morgan fingerprint density at radius 1 is 1.08 bits per heavy atom. The first kappa shape index (κ1) is 19.0. The molecular weight excluding hydrogens is 326 g/mol. The number of benzene rings is 1. The summed E-state index contributed by atoms with van der Waals surface area (Å²) >= 11 is 0. The fourth-order valence-electron chi connectivity index (χ4n) is 2.70. The fourth-order valence-corrected chi connectivity index (χ4v) is 2.70. The number of carbonyl (C=O) groups is 2. The molecule has 2 amide bonds. The van der Waals surface area contributed by atoms with Crippen molar-refractivity contribution < 1.29 is 23.8 Å². The molecule has 1 aromatic carbocycles. The van der Waals surface area contributed by atoms with Crippen LogP contribution in [0.2, 0.25) is 0 Å². The Morgan fingerprint density at radius 3 is 2.32 bits per heavy atom. The summed E-state index contributed by atoms with van der Waals surface area (Å²) in [7, 11) is 4.58. The van der Waals surface area contributed by atoms with Gasteiger partial charge in [0.05, 0.1) is 19.3 Å². The molecule has 1 N–H and O–H groups in total. The van der Waals surface area contributed by atoms with Gasteiger partial charge in [0, 0.05) is 40.4 Å². The number of rotatable bonds is 6. The minimum absolute atomic E-state index is 0.124. The standard InChI is InChI=1S/C17H25N3O5/c1-23-14-7-5-4-6-13(14)19-8-10-20(11-9-19)17(22)16(21)18-12-15(24-2)25-3/h4-7,15H,8-12H2,1-3H3,(H,18,21). The van der Waals surface area contributed by atoms with Crippen LogP contribution < -0.4 is 15.0 Å². The first-order chi connectivity index (χ1) is 12.1. The van der Waals surface area contributed by atoms with Crippen molar-refractivity contribution in [1.29, 1.82) is 0 Å². The molecule has 1 heterocycles. The van der Waals surface area contributed by atoms with Crippen molar-refractivity contribution in [2.75, 3.05) is 59.0 Å². The number of methoxy groups -OCH3 is 3. The molecule has 0 atom stereocenters. The van der Waals surface area contributed by atoms with E-state index >= 15 is 0 Å². The third kappa shape index (κ3) is 4.83. The SMILES string of the molecule is COc1ccccc1N1CCN(C(=O)C(=O)NCC(OC)OC)CC1. The molecule has 138 valence electrons. The van der Waals surface area contributed by atoms with E-state index in [0.717, 1.165) is 11.4 Å². The highest BCUT2D eigenvalue weighted by Gasteiger charge is 2.27. The number of amides is 2. The number of hydrogen-bond donors (Lipinski definition) is 1. The van der Waals surface area contributed by atoms with Gasteiger partial charge in [-0.3, -0.25) is 9.59 Å². The van der Waals surface area contributed by atoms with Gasteiger partial charge in [-0.25, -0.2) is 0 Å². The third-order valence-electron chi connectivity index (χ3n) is 4.14. The van der Waals surface area contributed by atoms with Crippen LogP contribution in [0.25, 0.3) is 0 Å². The summed E-state index contributed by atoms with van der Waals surface area (Å²) in [6.45, 7) is 2.35. The van der Waals surface area contributed by atoms with Gasteiger partial charge in [-0.05, 0) is 12.1 Å². The lowest BCUT2D eigenvalue weighted by atomic mass is 10.2. The van der Waals surface area contributed by atoms with E-state index in [1.165, 1.54) is 14.2 Å². The highest BCUT2D eigenvalue weighted by atomic mass is 16.7. The Morgan fingerprint density at radius 2 is 1.72 bits per heavy atom. The number of nitrogens with one attached hydrogen (secondary N) is 1. The van der Waals surface area contributed by atoms with Crippen LogP contribution >= 0.6 is 0 Å².